The molecule has 2 aromatic carbocycles. The van der Waals surface area contributed by atoms with Gasteiger partial charge in [-0.3, -0.25) is 0 Å². The lowest BCUT2D eigenvalue weighted by atomic mass is 9.99. The predicted octanol–water partition coefficient (Wildman–Crippen LogP) is 5.42. The molecule has 4 atom stereocenters. The van der Waals surface area contributed by atoms with Gasteiger partial charge < -0.3 is 14.0 Å². The lowest BCUT2D eigenvalue weighted by Crippen LogP contribution is -2.32. The maximum atomic E-state index is 16.2. The molecule has 0 spiro atoms. The number of carbonyl (C=O) groups is 2. The molecule has 35 heavy (non-hydrogen) atoms. The number of fused-ring (bicyclic) bond motifs is 1. The molecular formula is C25H19ClFN3O4S. The number of rotatable bonds is 5. The zero-order valence-electron chi connectivity index (χ0n) is 18.4. The third kappa shape index (κ3) is 4.26. The van der Waals surface area contributed by atoms with Gasteiger partial charge in [-0.15, -0.1) is 11.8 Å². The first-order valence-electron chi connectivity index (χ1n) is 10.7. The molecule has 0 aliphatic carbocycles. The number of hydrogen-bond donors (Lipinski definition) is 0. The van der Waals surface area contributed by atoms with Crippen LogP contribution in [0.2, 0.25) is 5.15 Å². The molecule has 2 aromatic heterocycles. The summed E-state index contributed by atoms with van der Waals surface area (Å²) in [5, 5.41) is -0.633. The summed E-state index contributed by atoms with van der Waals surface area (Å²) in [5.74, 6) is -1.21. The topological polar surface area (TPSA) is 83.3 Å². The average molecular weight is 512 g/mol. The highest BCUT2D eigenvalue weighted by Gasteiger charge is 2.50. The van der Waals surface area contributed by atoms with Crippen LogP contribution >= 0.6 is 23.4 Å². The van der Waals surface area contributed by atoms with Gasteiger partial charge in [-0.1, -0.05) is 48.0 Å². The second kappa shape index (κ2) is 9.67. The molecule has 1 fully saturated rings. The van der Waals surface area contributed by atoms with Gasteiger partial charge in [-0.25, -0.2) is 23.9 Å². The van der Waals surface area contributed by atoms with E-state index in [2.05, 4.69) is 9.97 Å². The van der Waals surface area contributed by atoms with E-state index in [1.165, 1.54) is 25.2 Å². The third-order valence-electron chi connectivity index (χ3n) is 5.83. The first-order chi connectivity index (χ1) is 17.0. The number of esters is 2. The van der Waals surface area contributed by atoms with Crippen molar-refractivity contribution < 1.29 is 23.5 Å². The third-order valence-corrected chi connectivity index (χ3v) is 7.71. The van der Waals surface area contributed by atoms with Crippen LogP contribution < -0.4 is 0 Å². The van der Waals surface area contributed by atoms with Crippen LogP contribution in [0.1, 0.15) is 36.9 Å². The Bertz CT molecular complexity index is 1400. The summed E-state index contributed by atoms with van der Waals surface area (Å²) in [5.41, 5.74) is 1.51. The number of halogens is 2. The molecular weight excluding hydrogens is 493 g/mol. The number of methoxy groups -OCH3 is 1. The SMILES string of the molecule is COC(=O)c1ccccc1[C@H]1S[C@@H](n2ccc3c(Cl)ncnc32)[C@H](OC(=O)c2ccccc2)[C@@H]1F. The second-order valence-electron chi connectivity index (χ2n) is 7.83. The zero-order chi connectivity index (χ0) is 24.5. The minimum atomic E-state index is -1.63. The van der Waals surface area contributed by atoms with Crippen molar-refractivity contribution in [3.63, 3.8) is 0 Å². The van der Waals surface area contributed by atoms with E-state index in [4.69, 9.17) is 21.1 Å². The summed E-state index contributed by atoms with van der Waals surface area (Å²) in [4.78, 5) is 33.6. The Kier molecular flexibility index (Phi) is 6.44. The summed E-state index contributed by atoms with van der Waals surface area (Å²) < 4.78 is 28.5. The quantitative estimate of drug-likeness (QED) is 0.261. The van der Waals surface area contributed by atoms with Crippen molar-refractivity contribution in [3.05, 3.63) is 95.0 Å². The van der Waals surface area contributed by atoms with Gasteiger partial charge in [-0.05, 0) is 29.8 Å². The normalized spacial score (nSPS) is 21.7. The van der Waals surface area contributed by atoms with Crippen LogP contribution in [0.25, 0.3) is 11.0 Å². The monoisotopic (exact) mass is 511 g/mol. The molecule has 7 nitrogen and oxygen atoms in total. The number of hydrogen-bond acceptors (Lipinski definition) is 7. The van der Waals surface area contributed by atoms with Gasteiger partial charge in [0.2, 0.25) is 0 Å². The number of thioether (sulfide) groups is 1. The van der Waals surface area contributed by atoms with E-state index in [9.17, 15) is 9.59 Å². The van der Waals surface area contributed by atoms with E-state index >= 15 is 4.39 Å². The summed E-state index contributed by atoms with van der Waals surface area (Å²) in [6.45, 7) is 0. The highest BCUT2D eigenvalue weighted by Crippen LogP contribution is 2.54. The number of aromatic nitrogens is 3. The van der Waals surface area contributed by atoms with Crippen molar-refractivity contribution in [3.8, 4) is 0 Å². The van der Waals surface area contributed by atoms with Crippen molar-refractivity contribution >= 4 is 46.3 Å². The number of benzene rings is 2. The van der Waals surface area contributed by atoms with Crippen molar-refractivity contribution in [1.82, 2.24) is 14.5 Å². The molecule has 1 aliphatic heterocycles. The Hall–Kier alpha value is -3.43. The Morgan fingerprint density at radius 1 is 1.03 bits per heavy atom. The molecule has 0 unspecified atom stereocenters. The molecule has 3 heterocycles. The summed E-state index contributed by atoms with van der Waals surface area (Å²) in [6, 6.07) is 16.8. The summed E-state index contributed by atoms with van der Waals surface area (Å²) in [6.07, 6.45) is 0.238. The Balaban J connectivity index is 1.57. The van der Waals surface area contributed by atoms with Gasteiger partial charge >= 0.3 is 11.9 Å². The van der Waals surface area contributed by atoms with Crippen LogP contribution in [0.3, 0.4) is 0 Å². The maximum Gasteiger partial charge on any atom is 0.338 e. The number of carbonyl (C=O) groups excluding carboxylic acids is 2. The summed E-state index contributed by atoms with van der Waals surface area (Å²) in [7, 11) is 1.27. The van der Waals surface area contributed by atoms with Gasteiger partial charge in [0.05, 0.1) is 28.9 Å². The van der Waals surface area contributed by atoms with Gasteiger partial charge in [0.15, 0.2) is 12.3 Å². The molecule has 10 heteroatoms. The van der Waals surface area contributed by atoms with Crippen molar-refractivity contribution in [2.24, 2.45) is 0 Å². The van der Waals surface area contributed by atoms with Gasteiger partial charge in [0.25, 0.3) is 0 Å². The molecule has 1 aliphatic rings. The van der Waals surface area contributed by atoms with E-state index in [1.807, 2.05) is 0 Å². The van der Waals surface area contributed by atoms with E-state index in [0.29, 0.717) is 22.2 Å². The summed E-state index contributed by atoms with van der Waals surface area (Å²) >= 11 is 7.46. The second-order valence-corrected chi connectivity index (χ2v) is 9.45. The largest absolute Gasteiger partial charge is 0.465 e. The molecule has 1 saturated heterocycles. The first kappa shape index (κ1) is 23.3. The molecule has 4 aromatic rings. The van der Waals surface area contributed by atoms with Crippen molar-refractivity contribution in [2.45, 2.75) is 22.9 Å². The van der Waals surface area contributed by atoms with Crippen LogP contribution in [-0.2, 0) is 9.47 Å². The minimum absolute atomic E-state index is 0.256. The number of nitrogens with zero attached hydrogens (tertiary/aromatic N) is 3. The van der Waals surface area contributed by atoms with Gasteiger partial charge in [-0.2, -0.15) is 0 Å². The van der Waals surface area contributed by atoms with Gasteiger partial charge in [0, 0.05) is 6.20 Å². The molecule has 0 saturated carbocycles. The van der Waals surface area contributed by atoms with E-state index in [-0.39, 0.29) is 10.7 Å². The highest BCUT2D eigenvalue weighted by molar-refractivity contribution is 8.00. The van der Waals surface area contributed by atoms with Crippen molar-refractivity contribution in [2.75, 3.05) is 7.11 Å². The molecule has 0 amide bonds. The average Bonchev–Trinajstić information content (AvgIpc) is 3.46. The molecule has 178 valence electrons. The van der Waals surface area contributed by atoms with Crippen LogP contribution in [0.5, 0.6) is 0 Å². The molecule has 0 radical (unpaired) electrons. The smallest absolute Gasteiger partial charge is 0.338 e. The first-order valence-corrected chi connectivity index (χ1v) is 12.0. The van der Waals surface area contributed by atoms with E-state index in [0.717, 1.165) is 0 Å². The maximum absolute atomic E-state index is 16.2. The fourth-order valence-corrected chi connectivity index (χ4v) is 5.99. The van der Waals surface area contributed by atoms with Gasteiger partial charge in [0.1, 0.15) is 22.5 Å². The number of ether oxygens (including phenoxy) is 2. The lowest BCUT2D eigenvalue weighted by molar-refractivity contribution is 0.00359. The molecule has 5 rings (SSSR count). The molecule has 0 bridgehead atoms. The number of alkyl halides is 1. The Morgan fingerprint density at radius 3 is 2.54 bits per heavy atom. The van der Waals surface area contributed by atoms with Crippen LogP contribution in [0.4, 0.5) is 4.39 Å². The van der Waals surface area contributed by atoms with Crippen molar-refractivity contribution in [1.29, 1.82) is 0 Å². The lowest BCUT2D eigenvalue weighted by Gasteiger charge is -2.22. The Labute approximate surface area is 209 Å². The predicted molar refractivity (Wildman–Crippen MR) is 130 cm³/mol. The molecule has 0 N–H and O–H groups in total. The van der Waals surface area contributed by atoms with Crippen LogP contribution in [0.15, 0.2) is 73.2 Å². The van der Waals surface area contributed by atoms with Crippen LogP contribution in [-0.4, -0.2) is 45.9 Å². The standard InChI is InChI=1S/C25H19ClFN3O4S/c1-33-25(32)16-10-6-5-9-15(16)20-18(27)19(34-24(31)14-7-3-2-4-8-14)23(35-20)30-12-11-17-21(26)28-13-29-22(17)30/h2-13,18-20,23H,1H3/t18-,19+,20+,23+/m0/s1. The van der Waals surface area contributed by atoms with Crippen LogP contribution in [0, 0.1) is 0 Å². The highest BCUT2D eigenvalue weighted by atomic mass is 35.5. The van der Waals surface area contributed by atoms with E-state index in [1.54, 1.807) is 71.4 Å². The zero-order valence-corrected chi connectivity index (χ0v) is 19.9. The fourth-order valence-electron chi connectivity index (χ4n) is 4.18. The Morgan fingerprint density at radius 2 is 1.77 bits per heavy atom. The fraction of sp³-hybridized carbons (Fsp3) is 0.200. The minimum Gasteiger partial charge on any atom is -0.465 e. The van der Waals surface area contributed by atoms with E-state index < -0.39 is 34.8 Å².